The number of aryl methyl sites for hydroxylation is 1. The van der Waals surface area contributed by atoms with E-state index in [2.05, 4.69) is 5.32 Å². The highest BCUT2D eigenvalue weighted by Gasteiger charge is 2.19. The molecule has 1 atom stereocenters. The number of carbonyl (C=O) groups excluding carboxylic acids is 2. The molecule has 2 aromatic carbocycles. The number of anilines is 1. The fraction of sp³-hybridized carbons (Fsp3) is 0.263. The van der Waals surface area contributed by atoms with Crippen LogP contribution in [0.25, 0.3) is 0 Å². The van der Waals surface area contributed by atoms with Crippen LogP contribution in [0.5, 0.6) is 11.5 Å². The first-order chi connectivity index (χ1) is 12.4. The van der Waals surface area contributed by atoms with Crippen molar-refractivity contribution in [3.63, 3.8) is 0 Å². The highest BCUT2D eigenvalue weighted by molar-refractivity contribution is 5.95. The second kappa shape index (κ2) is 8.84. The minimum absolute atomic E-state index is 0.284. The van der Waals surface area contributed by atoms with E-state index in [0.717, 1.165) is 0 Å². The van der Waals surface area contributed by atoms with Crippen LogP contribution < -0.4 is 14.8 Å². The zero-order valence-electron chi connectivity index (χ0n) is 14.7. The summed E-state index contributed by atoms with van der Waals surface area (Å²) in [6.07, 6.45) is -1.06. The maximum Gasteiger partial charge on any atom is 0.344 e. The second-order valence-corrected chi connectivity index (χ2v) is 5.52. The predicted octanol–water partition coefficient (Wildman–Crippen LogP) is 3.09. The summed E-state index contributed by atoms with van der Waals surface area (Å²) in [6.45, 7) is 2.66. The Morgan fingerprint density at radius 3 is 2.50 bits per heavy atom. The van der Waals surface area contributed by atoms with Gasteiger partial charge in [0.05, 0.1) is 7.11 Å². The van der Waals surface area contributed by atoms with Crippen LogP contribution in [0, 0.1) is 12.7 Å². The summed E-state index contributed by atoms with van der Waals surface area (Å²) in [6, 6.07) is 11.2. The number of para-hydroxylation sites is 2. The van der Waals surface area contributed by atoms with Gasteiger partial charge in [-0.15, -0.1) is 0 Å². The van der Waals surface area contributed by atoms with Gasteiger partial charge >= 0.3 is 5.97 Å². The number of hydrogen-bond donors (Lipinski definition) is 1. The minimum Gasteiger partial charge on any atom is -0.493 e. The molecule has 0 aliphatic carbocycles. The summed E-state index contributed by atoms with van der Waals surface area (Å²) in [7, 11) is 1.49. The molecule has 26 heavy (non-hydrogen) atoms. The lowest BCUT2D eigenvalue weighted by Crippen LogP contribution is -2.31. The van der Waals surface area contributed by atoms with E-state index in [4.69, 9.17) is 14.2 Å². The number of ether oxygens (including phenoxy) is 3. The maximum absolute atomic E-state index is 13.5. The Labute approximate surface area is 150 Å². The van der Waals surface area contributed by atoms with Crippen LogP contribution in [-0.4, -0.2) is 31.7 Å². The molecule has 0 bridgehead atoms. The Hall–Kier alpha value is -3.09. The molecular formula is C19H20FNO5. The van der Waals surface area contributed by atoms with Crippen molar-refractivity contribution in [1.29, 1.82) is 0 Å². The second-order valence-electron chi connectivity index (χ2n) is 5.52. The van der Waals surface area contributed by atoms with Crippen LogP contribution >= 0.6 is 0 Å². The number of hydrogen-bond acceptors (Lipinski definition) is 5. The van der Waals surface area contributed by atoms with E-state index in [0.29, 0.717) is 17.1 Å². The molecule has 0 fully saturated rings. The number of halogens is 1. The summed E-state index contributed by atoms with van der Waals surface area (Å²) in [5, 5.41) is 2.49. The fourth-order valence-electron chi connectivity index (χ4n) is 2.07. The lowest BCUT2D eigenvalue weighted by atomic mass is 10.2. The summed E-state index contributed by atoms with van der Waals surface area (Å²) in [4.78, 5) is 23.9. The summed E-state index contributed by atoms with van der Waals surface area (Å²) in [5.41, 5.74) is 0.752. The van der Waals surface area contributed by atoms with Crippen LogP contribution in [0.1, 0.15) is 12.5 Å². The summed E-state index contributed by atoms with van der Waals surface area (Å²) < 4.78 is 29.0. The Kier molecular flexibility index (Phi) is 6.54. The van der Waals surface area contributed by atoms with Gasteiger partial charge in [0.1, 0.15) is 5.82 Å². The number of esters is 1. The zero-order chi connectivity index (χ0) is 19.1. The molecule has 6 nitrogen and oxygen atoms in total. The number of methoxy groups -OCH3 is 1. The van der Waals surface area contributed by atoms with Gasteiger partial charge < -0.3 is 19.5 Å². The molecule has 0 aliphatic rings. The van der Waals surface area contributed by atoms with Crippen molar-refractivity contribution in [2.24, 2.45) is 0 Å². The Morgan fingerprint density at radius 2 is 1.85 bits per heavy atom. The number of nitrogens with one attached hydrogen (secondary N) is 1. The first kappa shape index (κ1) is 19.2. The SMILES string of the molecule is COc1ccccc1OCC(=O)OC(C)C(=O)Nc1ccc(C)c(F)c1. The maximum atomic E-state index is 13.5. The number of benzene rings is 2. The summed E-state index contributed by atoms with van der Waals surface area (Å²) >= 11 is 0. The minimum atomic E-state index is -1.06. The van der Waals surface area contributed by atoms with Crippen LogP contribution in [0.4, 0.5) is 10.1 Å². The van der Waals surface area contributed by atoms with Crippen LogP contribution in [0.2, 0.25) is 0 Å². The van der Waals surface area contributed by atoms with Gasteiger partial charge in [-0.1, -0.05) is 18.2 Å². The van der Waals surface area contributed by atoms with Gasteiger partial charge in [0.2, 0.25) is 0 Å². The molecule has 1 unspecified atom stereocenters. The largest absolute Gasteiger partial charge is 0.493 e. The molecule has 0 aliphatic heterocycles. The Balaban J connectivity index is 1.85. The van der Waals surface area contributed by atoms with E-state index < -0.39 is 23.8 Å². The first-order valence-electron chi connectivity index (χ1n) is 7.93. The fourth-order valence-corrected chi connectivity index (χ4v) is 2.07. The van der Waals surface area contributed by atoms with Crippen LogP contribution in [0.15, 0.2) is 42.5 Å². The topological polar surface area (TPSA) is 73.9 Å². The van der Waals surface area contributed by atoms with Crippen molar-refractivity contribution in [2.75, 3.05) is 19.0 Å². The first-order valence-corrected chi connectivity index (χ1v) is 7.93. The summed E-state index contributed by atoms with van der Waals surface area (Å²) in [5.74, 6) is -0.850. The van der Waals surface area contributed by atoms with Crippen LogP contribution in [-0.2, 0) is 14.3 Å². The zero-order valence-corrected chi connectivity index (χ0v) is 14.7. The van der Waals surface area contributed by atoms with E-state index in [9.17, 15) is 14.0 Å². The normalized spacial score (nSPS) is 11.4. The Morgan fingerprint density at radius 1 is 1.15 bits per heavy atom. The van der Waals surface area contributed by atoms with E-state index in [1.807, 2.05) is 0 Å². The van der Waals surface area contributed by atoms with Gasteiger partial charge in [0.25, 0.3) is 5.91 Å². The molecule has 1 N–H and O–H groups in total. The third-order valence-corrected chi connectivity index (χ3v) is 3.53. The quantitative estimate of drug-likeness (QED) is 0.767. The third kappa shape index (κ3) is 5.20. The lowest BCUT2D eigenvalue weighted by Gasteiger charge is -2.15. The van der Waals surface area contributed by atoms with Crippen molar-refractivity contribution in [1.82, 2.24) is 0 Å². The number of amides is 1. The molecule has 0 aromatic heterocycles. The van der Waals surface area contributed by atoms with Gasteiger partial charge in [-0.2, -0.15) is 0 Å². The molecule has 0 radical (unpaired) electrons. The smallest absolute Gasteiger partial charge is 0.344 e. The monoisotopic (exact) mass is 361 g/mol. The molecule has 0 heterocycles. The van der Waals surface area contributed by atoms with Crippen molar-refractivity contribution >= 4 is 17.6 Å². The molecule has 0 saturated carbocycles. The van der Waals surface area contributed by atoms with Gasteiger partial charge in [-0.05, 0) is 43.7 Å². The van der Waals surface area contributed by atoms with E-state index >= 15 is 0 Å². The van der Waals surface area contributed by atoms with E-state index in [1.165, 1.54) is 20.1 Å². The average molecular weight is 361 g/mol. The predicted molar refractivity (Wildman–Crippen MR) is 93.8 cm³/mol. The third-order valence-electron chi connectivity index (χ3n) is 3.53. The number of rotatable bonds is 7. The molecule has 2 rings (SSSR count). The molecule has 0 saturated heterocycles. The molecule has 2 aromatic rings. The highest BCUT2D eigenvalue weighted by Crippen LogP contribution is 2.25. The average Bonchev–Trinajstić information content (AvgIpc) is 2.63. The van der Waals surface area contributed by atoms with Crippen molar-refractivity contribution in [3.05, 3.63) is 53.8 Å². The molecule has 138 valence electrons. The molecule has 7 heteroatoms. The number of carbonyl (C=O) groups is 2. The van der Waals surface area contributed by atoms with Gasteiger partial charge in [-0.25, -0.2) is 9.18 Å². The molecule has 1 amide bonds. The van der Waals surface area contributed by atoms with E-state index in [-0.39, 0.29) is 12.3 Å². The molecule has 0 spiro atoms. The van der Waals surface area contributed by atoms with E-state index in [1.54, 1.807) is 43.3 Å². The van der Waals surface area contributed by atoms with Gasteiger partial charge in [0, 0.05) is 5.69 Å². The highest BCUT2D eigenvalue weighted by atomic mass is 19.1. The van der Waals surface area contributed by atoms with Gasteiger partial charge in [-0.3, -0.25) is 4.79 Å². The lowest BCUT2D eigenvalue weighted by molar-refractivity contribution is -0.155. The molecular weight excluding hydrogens is 341 g/mol. The van der Waals surface area contributed by atoms with Crippen molar-refractivity contribution in [3.8, 4) is 11.5 Å². The van der Waals surface area contributed by atoms with Crippen LogP contribution in [0.3, 0.4) is 0 Å². The van der Waals surface area contributed by atoms with Crippen molar-refractivity contribution < 1.29 is 28.2 Å². The Bertz CT molecular complexity index is 793. The van der Waals surface area contributed by atoms with Gasteiger partial charge in [0.15, 0.2) is 24.2 Å². The standard InChI is InChI=1S/C19H20FNO5/c1-12-8-9-14(10-15(12)20)21-19(23)13(2)26-18(22)11-25-17-7-5-4-6-16(17)24-3/h4-10,13H,11H2,1-3H3,(H,21,23). The van der Waals surface area contributed by atoms with Crippen molar-refractivity contribution in [2.45, 2.75) is 20.0 Å².